The van der Waals surface area contributed by atoms with E-state index in [1.165, 1.54) is 17.6 Å². The Morgan fingerprint density at radius 1 is 1.25 bits per heavy atom. The Bertz CT molecular complexity index is 776. The van der Waals surface area contributed by atoms with Crippen molar-refractivity contribution >= 4 is 0 Å². The van der Waals surface area contributed by atoms with E-state index >= 15 is 0 Å². The zero-order valence-corrected chi connectivity index (χ0v) is 14.0. The van der Waals surface area contributed by atoms with Crippen molar-refractivity contribution in [2.24, 2.45) is 0 Å². The van der Waals surface area contributed by atoms with Gasteiger partial charge in [0.25, 0.3) is 0 Å². The lowest BCUT2D eigenvalue weighted by molar-refractivity contribution is 0.271. The monoisotopic (exact) mass is 322 g/mol. The molecule has 0 fully saturated rings. The molecule has 3 heterocycles. The predicted molar refractivity (Wildman–Crippen MR) is 93.3 cm³/mol. The fraction of sp³-hybridized carbons (Fsp3) is 0.368. The molecule has 2 aromatic rings. The van der Waals surface area contributed by atoms with Crippen LogP contribution in [0.3, 0.4) is 0 Å². The zero-order valence-electron chi connectivity index (χ0n) is 14.0. The molecular formula is C19H22N4O. The lowest BCUT2D eigenvalue weighted by Gasteiger charge is -2.26. The maximum Gasteiger partial charge on any atom is 0.221 e. The van der Waals surface area contributed by atoms with Crippen LogP contribution in [0.4, 0.5) is 0 Å². The average Bonchev–Trinajstić information content (AvgIpc) is 3.01. The van der Waals surface area contributed by atoms with Crippen LogP contribution in [0.2, 0.25) is 0 Å². The van der Waals surface area contributed by atoms with Gasteiger partial charge in [-0.2, -0.15) is 9.78 Å². The second-order valence-corrected chi connectivity index (χ2v) is 6.25. The van der Waals surface area contributed by atoms with Crippen LogP contribution in [-0.4, -0.2) is 39.9 Å². The van der Waals surface area contributed by atoms with E-state index in [-0.39, 0.29) is 0 Å². The molecule has 1 aliphatic carbocycles. The summed E-state index contributed by atoms with van der Waals surface area (Å²) in [5.41, 5.74) is 3.73. The van der Waals surface area contributed by atoms with E-state index < -0.39 is 0 Å². The molecule has 5 heteroatoms. The summed E-state index contributed by atoms with van der Waals surface area (Å²) in [5, 5.41) is 4.79. The van der Waals surface area contributed by atoms with E-state index in [2.05, 4.69) is 28.1 Å². The normalized spacial score (nSPS) is 17.5. The molecule has 4 rings (SSSR count). The van der Waals surface area contributed by atoms with Gasteiger partial charge < -0.3 is 4.74 Å². The molecule has 2 aliphatic rings. The number of fused-ring (bicyclic) bond motifs is 1. The highest BCUT2D eigenvalue weighted by molar-refractivity contribution is 5.39. The van der Waals surface area contributed by atoms with E-state index in [0.717, 1.165) is 49.9 Å². The number of aromatic nitrogens is 3. The van der Waals surface area contributed by atoms with Gasteiger partial charge in [0.05, 0.1) is 12.8 Å². The summed E-state index contributed by atoms with van der Waals surface area (Å²) in [6.07, 6.45) is 11.9. The first-order chi connectivity index (χ1) is 11.8. The topological polar surface area (TPSA) is 43.2 Å². The maximum atomic E-state index is 5.64. The Labute approximate surface area is 142 Å². The lowest BCUT2D eigenvalue weighted by atomic mass is 10.0. The number of ether oxygens (including phenoxy) is 1. The summed E-state index contributed by atoms with van der Waals surface area (Å²) in [7, 11) is 1.71. The van der Waals surface area contributed by atoms with Gasteiger partial charge >= 0.3 is 0 Å². The van der Waals surface area contributed by atoms with Crippen molar-refractivity contribution in [1.82, 2.24) is 19.7 Å². The highest BCUT2D eigenvalue weighted by Gasteiger charge is 2.26. The molecule has 0 bridgehead atoms. The number of hydrogen-bond donors (Lipinski definition) is 0. The van der Waals surface area contributed by atoms with Gasteiger partial charge in [-0.1, -0.05) is 24.3 Å². The zero-order chi connectivity index (χ0) is 16.4. The molecule has 24 heavy (non-hydrogen) atoms. The molecular weight excluding hydrogens is 300 g/mol. The Morgan fingerprint density at radius 3 is 2.96 bits per heavy atom. The second-order valence-electron chi connectivity index (χ2n) is 6.25. The molecule has 124 valence electrons. The van der Waals surface area contributed by atoms with Crippen LogP contribution in [0.25, 0.3) is 5.82 Å². The van der Waals surface area contributed by atoms with E-state index in [0.29, 0.717) is 0 Å². The van der Waals surface area contributed by atoms with Crippen molar-refractivity contribution < 1.29 is 4.74 Å². The third-order valence-corrected chi connectivity index (χ3v) is 4.61. The van der Waals surface area contributed by atoms with Crippen LogP contribution in [0, 0.1) is 0 Å². The standard InChI is InChI=1S/C19H22N4O/c1-24-19-16-10-12-22(13-15-7-3-2-4-8-15)14-17(16)21-23(19)18-9-5-6-11-20-18/h3,5-9,11H,2,4,10,12-14H2,1H3. The number of pyridine rings is 1. The van der Waals surface area contributed by atoms with Gasteiger partial charge in [0.2, 0.25) is 5.88 Å². The Hall–Kier alpha value is -2.40. The summed E-state index contributed by atoms with van der Waals surface area (Å²) in [4.78, 5) is 6.86. The SMILES string of the molecule is COc1c2c(nn1-c1ccccn1)CN(CC1=CCCC=C1)CC2. The maximum absolute atomic E-state index is 5.64. The summed E-state index contributed by atoms with van der Waals surface area (Å²) in [5.74, 6) is 1.62. The second kappa shape index (κ2) is 6.61. The van der Waals surface area contributed by atoms with Crippen molar-refractivity contribution in [1.29, 1.82) is 0 Å². The minimum Gasteiger partial charge on any atom is -0.481 e. The number of rotatable bonds is 4. The molecule has 0 amide bonds. The first-order valence-corrected chi connectivity index (χ1v) is 8.49. The van der Waals surface area contributed by atoms with Crippen molar-refractivity contribution in [3.8, 4) is 11.7 Å². The van der Waals surface area contributed by atoms with Gasteiger partial charge in [-0.05, 0) is 37.0 Å². The van der Waals surface area contributed by atoms with E-state index in [4.69, 9.17) is 9.84 Å². The average molecular weight is 322 g/mol. The summed E-state index contributed by atoms with van der Waals surface area (Å²) in [6.45, 7) is 2.88. The molecule has 0 N–H and O–H groups in total. The highest BCUT2D eigenvalue weighted by atomic mass is 16.5. The third kappa shape index (κ3) is 2.87. The molecule has 5 nitrogen and oxygen atoms in total. The van der Waals surface area contributed by atoms with Crippen molar-refractivity contribution in [3.63, 3.8) is 0 Å². The predicted octanol–water partition coefficient (Wildman–Crippen LogP) is 2.91. The largest absolute Gasteiger partial charge is 0.481 e. The van der Waals surface area contributed by atoms with Crippen LogP contribution in [-0.2, 0) is 13.0 Å². The number of nitrogens with zero attached hydrogens (tertiary/aromatic N) is 4. The molecule has 0 unspecified atom stereocenters. The van der Waals surface area contributed by atoms with Crippen molar-refractivity contribution in [2.45, 2.75) is 25.8 Å². The molecule has 0 saturated heterocycles. The number of allylic oxidation sites excluding steroid dienone is 2. The van der Waals surface area contributed by atoms with Crippen LogP contribution < -0.4 is 4.74 Å². The Kier molecular flexibility index (Phi) is 4.17. The van der Waals surface area contributed by atoms with E-state index in [9.17, 15) is 0 Å². The van der Waals surface area contributed by atoms with E-state index in [1.54, 1.807) is 13.3 Å². The molecule has 0 spiro atoms. The van der Waals surface area contributed by atoms with Gasteiger partial charge in [-0.3, -0.25) is 4.90 Å². The number of hydrogen-bond acceptors (Lipinski definition) is 4. The molecule has 2 aromatic heterocycles. The van der Waals surface area contributed by atoms with Gasteiger partial charge in [-0.25, -0.2) is 4.98 Å². The minimum atomic E-state index is 0.799. The lowest BCUT2D eigenvalue weighted by Crippen LogP contribution is -2.32. The first-order valence-electron chi connectivity index (χ1n) is 8.49. The van der Waals surface area contributed by atoms with Gasteiger partial charge in [0, 0.05) is 31.4 Å². The minimum absolute atomic E-state index is 0.799. The fourth-order valence-electron chi connectivity index (χ4n) is 3.44. The molecule has 1 aliphatic heterocycles. The van der Waals surface area contributed by atoms with Crippen LogP contribution in [0.1, 0.15) is 24.1 Å². The van der Waals surface area contributed by atoms with Gasteiger partial charge in [0.1, 0.15) is 0 Å². The number of methoxy groups -OCH3 is 1. The van der Waals surface area contributed by atoms with Crippen LogP contribution in [0.5, 0.6) is 5.88 Å². The molecule has 0 saturated carbocycles. The quantitative estimate of drug-likeness (QED) is 0.868. The fourth-order valence-corrected chi connectivity index (χ4v) is 3.44. The Balaban J connectivity index is 1.59. The highest BCUT2D eigenvalue weighted by Crippen LogP contribution is 2.30. The third-order valence-electron chi connectivity index (χ3n) is 4.61. The van der Waals surface area contributed by atoms with Crippen LogP contribution in [0.15, 0.2) is 48.2 Å². The van der Waals surface area contributed by atoms with E-state index in [1.807, 2.05) is 22.9 Å². The molecule has 0 aromatic carbocycles. The summed E-state index contributed by atoms with van der Waals surface area (Å²) < 4.78 is 7.47. The smallest absolute Gasteiger partial charge is 0.221 e. The first kappa shape index (κ1) is 15.1. The summed E-state index contributed by atoms with van der Waals surface area (Å²) >= 11 is 0. The molecule has 0 radical (unpaired) electrons. The van der Waals surface area contributed by atoms with Crippen molar-refractivity contribution in [2.75, 3.05) is 20.2 Å². The van der Waals surface area contributed by atoms with Gasteiger partial charge in [0.15, 0.2) is 5.82 Å². The Morgan fingerprint density at radius 2 is 2.21 bits per heavy atom. The summed E-state index contributed by atoms with van der Waals surface area (Å²) in [6, 6.07) is 5.83. The van der Waals surface area contributed by atoms with Gasteiger partial charge in [-0.15, -0.1) is 0 Å². The van der Waals surface area contributed by atoms with Crippen molar-refractivity contribution in [3.05, 3.63) is 59.5 Å². The van der Waals surface area contributed by atoms with Crippen LogP contribution >= 0.6 is 0 Å². The molecule has 0 atom stereocenters.